The Morgan fingerprint density at radius 1 is 1.12 bits per heavy atom. The molecule has 0 aromatic heterocycles. The molecule has 0 aliphatic heterocycles. The zero-order valence-electron chi connectivity index (χ0n) is 10.0. The van der Waals surface area contributed by atoms with E-state index in [2.05, 4.69) is 26.0 Å². The third kappa shape index (κ3) is 2.41. The van der Waals surface area contributed by atoms with Gasteiger partial charge in [-0.2, -0.15) is 0 Å². The van der Waals surface area contributed by atoms with Crippen LogP contribution in [0.25, 0.3) is 0 Å². The summed E-state index contributed by atoms with van der Waals surface area (Å²) in [6.07, 6.45) is 3.46. The second kappa shape index (κ2) is 4.38. The summed E-state index contributed by atoms with van der Waals surface area (Å²) in [7, 11) is 0. The largest absolute Gasteiger partial charge is 0.321 e. The fourth-order valence-corrected chi connectivity index (χ4v) is 3.32. The van der Waals surface area contributed by atoms with Crippen molar-refractivity contribution in [1.29, 1.82) is 0 Å². The van der Waals surface area contributed by atoms with Crippen molar-refractivity contribution >= 4 is 11.6 Å². The normalized spacial score (nSPS) is 35.0. The predicted molar refractivity (Wildman–Crippen MR) is 69.5 cm³/mol. The number of nitrogens with two attached hydrogens (primary N) is 1. The van der Waals surface area contributed by atoms with Gasteiger partial charge in [0.05, 0.1) is 0 Å². The molecule has 1 aromatic carbocycles. The molecule has 1 aliphatic carbocycles. The fraction of sp³-hybridized carbons (Fsp3) is 0.571. The molecule has 1 fully saturated rings. The molecule has 2 heteroatoms. The molecule has 0 heterocycles. The first kappa shape index (κ1) is 11.9. The SMILES string of the molecule is CC1CC(C)CC(N)(c2ccc(Cl)cc2)C1. The molecule has 1 aromatic rings. The van der Waals surface area contributed by atoms with Gasteiger partial charge >= 0.3 is 0 Å². The van der Waals surface area contributed by atoms with E-state index >= 15 is 0 Å². The van der Waals surface area contributed by atoms with Crippen molar-refractivity contribution in [2.45, 2.75) is 38.6 Å². The van der Waals surface area contributed by atoms with Gasteiger partial charge in [-0.15, -0.1) is 0 Å². The van der Waals surface area contributed by atoms with Gasteiger partial charge in [0, 0.05) is 10.6 Å². The lowest BCUT2D eigenvalue weighted by atomic mass is 9.69. The van der Waals surface area contributed by atoms with Gasteiger partial charge in [0.1, 0.15) is 0 Å². The third-order valence-corrected chi connectivity index (χ3v) is 3.90. The standard InChI is InChI=1S/C14H20ClN/c1-10-7-11(2)9-14(16,8-10)12-3-5-13(15)6-4-12/h3-6,10-11H,7-9,16H2,1-2H3. The molecule has 0 bridgehead atoms. The Balaban J connectivity index is 2.26. The Bertz CT molecular complexity index is 348. The van der Waals surface area contributed by atoms with E-state index in [-0.39, 0.29) is 5.54 Å². The van der Waals surface area contributed by atoms with Crippen molar-refractivity contribution in [3.8, 4) is 0 Å². The topological polar surface area (TPSA) is 26.0 Å². The van der Waals surface area contributed by atoms with Gasteiger partial charge in [0.25, 0.3) is 0 Å². The van der Waals surface area contributed by atoms with Crippen LogP contribution in [0.4, 0.5) is 0 Å². The van der Waals surface area contributed by atoms with E-state index in [4.69, 9.17) is 17.3 Å². The van der Waals surface area contributed by atoms with Crippen LogP contribution in [0, 0.1) is 11.8 Å². The second-order valence-corrected chi connectivity index (χ2v) is 5.95. The summed E-state index contributed by atoms with van der Waals surface area (Å²) in [6, 6.07) is 8.03. The molecule has 1 saturated carbocycles. The van der Waals surface area contributed by atoms with Gasteiger partial charge in [-0.05, 0) is 48.8 Å². The van der Waals surface area contributed by atoms with E-state index < -0.39 is 0 Å². The zero-order valence-corrected chi connectivity index (χ0v) is 10.8. The van der Waals surface area contributed by atoms with E-state index in [9.17, 15) is 0 Å². The van der Waals surface area contributed by atoms with Crippen molar-refractivity contribution in [2.24, 2.45) is 17.6 Å². The lowest BCUT2D eigenvalue weighted by Gasteiger charge is -2.40. The van der Waals surface area contributed by atoms with E-state index in [1.165, 1.54) is 12.0 Å². The Kier molecular flexibility index (Phi) is 3.27. The minimum Gasteiger partial charge on any atom is -0.321 e. The van der Waals surface area contributed by atoms with Gasteiger partial charge in [0.2, 0.25) is 0 Å². The van der Waals surface area contributed by atoms with Crippen LogP contribution in [0.3, 0.4) is 0 Å². The summed E-state index contributed by atoms with van der Waals surface area (Å²) >= 11 is 5.91. The molecular formula is C14H20ClN. The van der Waals surface area contributed by atoms with Gasteiger partial charge < -0.3 is 5.73 Å². The zero-order chi connectivity index (χ0) is 11.8. The second-order valence-electron chi connectivity index (χ2n) is 5.52. The number of benzene rings is 1. The van der Waals surface area contributed by atoms with E-state index in [0.717, 1.165) is 17.9 Å². The van der Waals surface area contributed by atoms with E-state index in [1.807, 2.05) is 12.1 Å². The summed E-state index contributed by atoms with van der Waals surface area (Å²) in [5, 5.41) is 0.782. The number of hydrogen-bond acceptors (Lipinski definition) is 1. The summed E-state index contributed by atoms with van der Waals surface area (Å²) in [6.45, 7) is 4.60. The molecule has 0 radical (unpaired) electrons. The molecular weight excluding hydrogens is 218 g/mol. The van der Waals surface area contributed by atoms with Crippen LogP contribution in [0.15, 0.2) is 24.3 Å². The molecule has 0 spiro atoms. The summed E-state index contributed by atoms with van der Waals surface area (Å²) in [4.78, 5) is 0. The lowest BCUT2D eigenvalue weighted by molar-refractivity contribution is 0.183. The maximum absolute atomic E-state index is 6.57. The van der Waals surface area contributed by atoms with Crippen molar-refractivity contribution < 1.29 is 0 Å². The number of halogens is 1. The molecule has 1 aliphatic rings. The number of rotatable bonds is 1. The maximum atomic E-state index is 6.57. The Labute approximate surface area is 103 Å². The van der Waals surface area contributed by atoms with Gasteiger partial charge in [-0.25, -0.2) is 0 Å². The smallest absolute Gasteiger partial charge is 0.0414 e. The van der Waals surface area contributed by atoms with Crippen LogP contribution < -0.4 is 5.73 Å². The minimum absolute atomic E-state index is 0.151. The molecule has 0 saturated heterocycles. The van der Waals surface area contributed by atoms with E-state index in [0.29, 0.717) is 11.8 Å². The van der Waals surface area contributed by atoms with Crippen LogP contribution in [0.1, 0.15) is 38.7 Å². The molecule has 88 valence electrons. The summed E-state index contributed by atoms with van der Waals surface area (Å²) < 4.78 is 0. The summed E-state index contributed by atoms with van der Waals surface area (Å²) in [5.41, 5.74) is 7.65. The van der Waals surface area contributed by atoms with Crippen LogP contribution in [-0.4, -0.2) is 0 Å². The van der Waals surface area contributed by atoms with Crippen LogP contribution >= 0.6 is 11.6 Å². The van der Waals surface area contributed by atoms with Crippen LogP contribution in [-0.2, 0) is 5.54 Å². The first-order valence-electron chi connectivity index (χ1n) is 6.04. The molecule has 2 N–H and O–H groups in total. The minimum atomic E-state index is -0.151. The van der Waals surface area contributed by atoms with Crippen molar-refractivity contribution in [1.82, 2.24) is 0 Å². The van der Waals surface area contributed by atoms with Crippen molar-refractivity contribution in [3.05, 3.63) is 34.9 Å². The highest BCUT2D eigenvalue weighted by atomic mass is 35.5. The highest BCUT2D eigenvalue weighted by Crippen LogP contribution is 2.40. The molecule has 1 nitrogen and oxygen atoms in total. The van der Waals surface area contributed by atoms with Crippen molar-refractivity contribution in [2.75, 3.05) is 0 Å². The number of hydrogen-bond donors (Lipinski definition) is 1. The Morgan fingerprint density at radius 3 is 2.12 bits per heavy atom. The predicted octanol–water partition coefficient (Wildman–Crippen LogP) is 3.95. The third-order valence-electron chi connectivity index (χ3n) is 3.65. The monoisotopic (exact) mass is 237 g/mol. The average Bonchev–Trinajstić information content (AvgIpc) is 2.16. The molecule has 16 heavy (non-hydrogen) atoms. The molecule has 2 rings (SSSR count). The van der Waals surface area contributed by atoms with Crippen LogP contribution in [0.2, 0.25) is 5.02 Å². The summed E-state index contributed by atoms with van der Waals surface area (Å²) in [5.74, 6) is 1.42. The van der Waals surface area contributed by atoms with Gasteiger partial charge in [-0.1, -0.05) is 37.6 Å². The van der Waals surface area contributed by atoms with Gasteiger partial charge in [-0.3, -0.25) is 0 Å². The maximum Gasteiger partial charge on any atom is 0.0414 e. The van der Waals surface area contributed by atoms with Crippen molar-refractivity contribution in [3.63, 3.8) is 0 Å². The molecule has 2 atom stereocenters. The quantitative estimate of drug-likeness (QED) is 0.787. The van der Waals surface area contributed by atoms with Gasteiger partial charge in [0.15, 0.2) is 0 Å². The average molecular weight is 238 g/mol. The highest BCUT2D eigenvalue weighted by Gasteiger charge is 2.35. The fourth-order valence-electron chi connectivity index (χ4n) is 3.20. The Hall–Kier alpha value is -0.530. The molecule has 0 amide bonds. The van der Waals surface area contributed by atoms with Crippen LogP contribution in [0.5, 0.6) is 0 Å². The highest BCUT2D eigenvalue weighted by molar-refractivity contribution is 6.30. The lowest BCUT2D eigenvalue weighted by Crippen LogP contribution is -2.43. The Morgan fingerprint density at radius 2 is 1.62 bits per heavy atom. The van der Waals surface area contributed by atoms with E-state index in [1.54, 1.807) is 0 Å². The first-order valence-corrected chi connectivity index (χ1v) is 6.42. The molecule has 2 unspecified atom stereocenters. The first-order chi connectivity index (χ1) is 7.49.